The minimum Gasteiger partial charge on any atom is -0.355 e. The second-order valence-corrected chi connectivity index (χ2v) is 9.37. The fourth-order valence-corrected chi connectivity index (χ4v) is 5.83. The molecular weight excluding hydrogens is 545 g/mol. The summed E-state index contributed by atoms with van der Waals surface area (Å²) >= 11 is 0. The van der Waals surface area contributed by atoms with E-state index in [0.29, 0.717) is 38.6 Å². The predicted molar refractivity (Wildman–Crippen MR) is 139 cm³/mol. The smallest absolute Gasteiger partial charge is 0.233 e. The second kappa shape index (κ2) is 10.5. The number of benzene rings is 1. The third kappa shape index (κ3) is 4.58. The van der Waals surface area contributed by atoms with Crippen LogP contribution in [-0.4, -0.2) is 60.2 Å². The van der Waals surface area contributed by atoms with Crippen LogP contribution in [0, 0.1) is 23.7 Å². The molecule has 8 nitrogen and oxygen atoms in total. The average molecular weight is 577 g/mol. The first kappa shape index (κ1) is 24.7. The van der Waals surface area contributed by atoms with Crippen molar-refractivity contribution in [1.29, 1.82) is 0 Å². The minimum atomic E-state index is -0.149. The Morgan fingerprint density at radius 2 is 1.71 bits per heavy atom. The Hall–Kier alpha value is -2.43. The van der Waals surface area contributed by atoms with Gasteiger partial charge in [0, 0.05) is 46.2 Å². The van der Waals surface area contributed by atoms with Crippen molar-refractivity contribution in [3.05, 3.63) is 47.5 Å². The highest BCUT2D eigenvalue weighted by atomic mass is 127. The summed E-state index contributed by atoms with van der Waals surface area (Å²) in [5.41, 5.74) is 2.24. The fraction of sp³-hybridized carbons (Fsp3) is 0.520. The van der Waals surface area contributed by atoms with Crippen LogP contribution < -0.4 is 10.6 Å². The van der Waals surface area contributed by atoms with Crippen molar-refractivity contribution >= 4 is 47.7 Å². The number of fused-ring (bicyclic) bond motifs is 5. The molecule has 2 heterocycles. The van der Waals surface area contributed by atoms with Gasteiger partial charge in [-0.25, -0.2) is 0 Å². The molecule has 182 valence electrons. The third-order valence-corrected chi connectivity index (χ3v) is 7.51. The molecule has 2 aliphatic heterocycles. The molecule has 4 unspecified atom stereocenters. The van der Waals surface area contributed by atoms with Crippen LogP contribution >= 0.6 is 24.0 Å². The molecule has 4 aliphatic rings. The summed E-state index contributed by atoms with van der Waals surface area (Å²) in [7, 11) is 1.70. The normalized spacial score (nSPS) is 27.4. The number of likely N-dealkylation sites (tertiary alicyclic amines) is 2. The van der Waals surface area contributed by atoms with Crippen molar-refractivity contribution in [2.75, 3.05) is 26.7 Å². The fourth-order valence-electron chi connectivity index (χ4n) is 5.83. The molecule has 2 N–H and O–H groups in total. The molecule has 0 radical (unpaired) electrons. The van der Waals surface area contributed by atoms with Crippen LogP contribution in [0.2, 0.25) is 0 Å². The Morgan fingerprint density at radius 1 is 1.03 bits per heavy atom. The van der Waals surface area contributed by atoms with E-state index in [1.54, 1.807) is 7.05 Å². The third-order valence-electron chi connectivity index (χ3n) is 7.51. The number of imide groups is 1. The Kier molecular flexibility index (Phi) is 7.59. The first-order valence-corrected chi connectivity index (χ1v) is 11.9. The van der Waals surface area contributed by atoms with Gasteiger partial charge in [0.15, 0.2) is 5.96 Å². The monoisotopic (exact) mass is 577 g/mol. The lowest BCUT2D eigenvalue weighted by Gasteiger charge is -2.20. The molecular formula is C25H32IN5O3. The molecule has 4 atom stereocenters. The number of halogens is 1. The summed E-state index contributed by atoms with van der Waals surface area (Å²) in [5, 5.41) is 6.53. The van der Waals surface area contributed by atoms with Crippen molar-refractivity contribution in [2.45, 2.75) is 32.4 Å². The second-order valence-electron chi connectivity index (χ2n) is 9.37. The summed E-state index contributed by atoms with van der Waals surface area (Å²) in [6, 6.07) is 8.10. The maximum absolute atomic E-state index is 12.8. The van der Waals surface area contributed by atoms with Gasteiger partial charge in [0.1, 0.15) is 0 Å². The van der Waals surface area contributed by atoms with Crippen molar-refractivity contribution in [3.63, 3.8) is 0 Å². The highest BCUT2D eigenvalue weighted by Gasteiger charge is 2.58. The summed E-state index contributed by atoms with van der Waals surface area (Å²) in [5.74, 6) is 0.971. The first-order chi connectivity index (χ1) is 16.1. The highest BCUT2D eigenvalue weighted by Crippen LogP contribution is 2.52. The zero-order valence-electron chi connectivity index (χ0n) is 19.4. The minimum absolute atomic E-state index is 0. The van der Waals surface area contributed by atoms with Crippen LogP contribution in [-0.2, 0) is 27.5 Å². The van der Waals surface area contributed by atoms with Crippen LogP contribution in [0.4, 0.5) is 0 Å². The molecule has 3 amide bonds. The van der Waals surface area contributed by atoms with Gasteiger partial charge in [-0.1, -0.05) is 36.4 Å². The van der Waals surface area contributed by atoms with E-state index in [9.17, 15) is 14.4 Å². The van der Waals surface area contributed by atoms with Gasteiger partial charge in [-0.2, -0.15) is 0 Å². The van der Waals surface area contributed by atoms with Gasteiger partial charge < -0.3 is 15.5 Å². The molecule has 2 saturated heterocycles. The summed E-state index contributed by atoms with van der Waals surface area (Å²) in [4.78, 5) is 45.3. The number of amides is 3. The standard InChI is InChI=1S/C25H31N5O3.HI/c1-26-25(28-14-18-5-2-3-6-19(18)15-29-11-4-7-20(29)31)27-10-12-30-23(32)21-16-8-9-17(13-16)22(21)24(30)33;/h2-3,5-6,8-9,16-17,21-22H,4,7,10-15H2,1H3,(H2,26,27,28);1H. The van der Waals surface area contributed by atoms with E-state index in [4.69, 9.17) is 0 Å². The maximum Gasteiger partial charge on any atom is 0.233 e. The largest absolute Gasteiger partial charge is 0.355 e. The number of rotatable bonds is 7. The molecule has 34 heavy (non-hydrogen) atoms. The number of nitrogens with one attached hydrogen (secondary N) is 2. The van der Waals surface area contributed by atoms with Gasteiger partial charge in [-0.15, -0.1) is 24.0 Å². The quantitative estimate of drug-likeness (QED) is 0.170. The van der Waals surface area contributed by atoms with Crippen LogP contribution in [0.15, 0.2) is 41.4 Å². The Labute approximate surface area is 217 Å². The van der Waals surface area contributed by atoms with Crippen molar-refractivity contribution < 1.29 is 14.4 Å². The predicted octanol–water partition coefficient (Wildman–Crippen LogP) is 1.90. The van der Waals surface area contributed by atoms with Gasteiger partial charge in [0.2, 0.25) is 17.7 Å². The highest BCUT2D eigenvalue weighted by molar-refractivity contribution is 14.0. The SMILES string of the molecule is CN=C(NCCN1C(=O)C2C3C=CC(C3)C2C1=O)NCc1ccccc1CN1CCCC1=O.I. The van der Waals surface area contributed by atoms with E-state index in [2.05, 4.69) is 39.9 Å². The number of aliphatic imine (C=N–C) groups is 1. The number of nitrogens with zero attached hydrogens (tertiary/aromatic N) is 3. The number of allylic oxidation sites excluding steroid dienone is 2. The lowest BCUT2D eigenvalue weighted by atomic mass is 9.85. The molecule has 2 aliphatic carbocycles. The molecule has 9 heteroatoms. The van der Waals surface area contributed by atoms with Crippen molar-refractivity contribution in [3.8, 4) is 0 Å². The Balaban J connectivity index is 0.00000274. The van der Waals surface area contributed by atoms with E-state index >= 15 is 0 Å². The molecule has 1 aromatic carbocycles. The van der Waals surface area contributed by atoms with Crippen molar-refractivity contribution in [2.24, 2.45) is 28.7 Å². The van der Waals surface area contributed by atoms with Crippen LogP contribution in [0.5, 0.6) is 0 Å². The van der Waals surface area contributed by atoms with Gasteiger partial charge in [0.05, 0.1) is 11.8 Å². The van der Waals surface area contributed by atoms with Gasteiger partial charge in [0.25, 0.3) is 0 Å². The van der Waals surface area contributed by atoms with Crippen LogP contribution in [0.1, 0.15) is 30.4 Å². The summed E-state index contributed by atoms with van der Waals surface area (Å²) < 4.78 is 0. The van der Waals surface area contributed by atoms with Gasteiger partial charge >= 0.3 is 0 Å². The molecule has 1 saturated carbocycles. The van der Waals surface area contributed by atoms with Crippen LogP contribution in [0.3, 0.4) is 0 Å². The van der Waals surface area contributed by atoms with E-state index in [1.165, 1.54) is 4.90 Å². The van der Waals surface area contributed by atoms with E-state index in [1.807, 2.05) is 17.0 Å². The molecule has 0 aromatic heterocycles. The number of carbonyl (C=O) groups excluding carboxylic acids is 3. The zero-order valence-corrected chi connectivity index (χ0v) is 21.7. The summed E-state index contributed by atoms with van der Waals surface area (Å²) in [6.45, 7) is 2.80. The molecule has 5 rings (SSSR count). The lowest BCUT2D eigenvalue weighted by Crippen LogP contribution is -2.43. The topological polar surface area (TPSA) is 94.1 Å². The lowest BCUT2D eigenvalue weighted by molar-refractivity contribution is -0.140. The maximum atomic E-state index is 12.8. The molecule has 0 spiro atoms. The number of guanidine groups is 1. The number of carbonyl (C=O) groups is 3. The molecule has 3 fully saturated rings. The first-order valence-electron chi connectivity index (χ1n) is 11.9. The van der Waals surface area contributed by atoms with E-state index in [-0.39, 0.29) is 65.4 Å². The molecule has 1 aromatic rings. The Morgan fingerprint density at radius 3 is 2.32 bits per heavy atom. The van der Waals surface area contributed by atoms with E-state index < -0.39 is 0 Å². The zero-order chi connectivity index (χ0) is 22.9. The van der Waals surface area contributed by atoms with Crippen molar-refractivity contribution in [1.82, 2.24) is 20.4 Å². The number of hydrogen-bond donors (Lipinski definition) is 2. The number of hydrogen-bond acceptors (Lipinski definition) is 4. The summed E-state index contributed by atoms with van der Waals surface area (Å²) in [6.07, 6.45) is 6.74. The van der Waals surface area contributed by atoms with E-state index in [0.717, 1.165) is 30.5 Å². The van der Waals surface area contributed by atoms with Gasteiger partial charge in [-0.3, -0.25) is 24.3 Å². The average Bonchev–Trinajstić information content (AvgIpc) is 3.59. The Bertz CT molecular complexity index is 996. The van der Waals surface area contributed by atoms with Crippen LogP contribution in [0.25, 0.3) is 0 Å². The molecule has 2 bridgehead atoms. The van der Waals surface area contributed by atoms with Gasteiger partial charge in [-0.05, 0) is 35.8 Å².